The van der Waals surface area contributed by atoms with E-state index >= 15 is 0 Å². The van der Waals surface area contributed by atoms with Gasteiger partial charge in [0.25, 0.3) is 0 Å². The molecule has 0 amide bonds. The van der Waals surface area contributed by atoms with Crippen LogP contribution in [0.25, 0.3) is 0 Å². The Morgan fingerprint density at radius 3 is 2.45 bits per heavy atom. The normalized spacial score (nSPS) is 13.2. The van der Waals surface area contributed by atoms with Gasteiger partial charge in [-0.2, -0.15) is 0 Å². The fourth-order valence-electron chi connectivity index (χ4n) is 0.749. The minimum Gasteiger partial charge on any atom is -0.462 e. The van der Waals surface area contributed by atoms with Gasteiger partial charge in [0.1, 0.15) is 6.04 Å². The smallest absolute Gasteiger partial charge is 0.323 e. The number of carbonyl (C=O) groups is 1. The molecule has 66 valence electrons. The van der Waals surface area contributed by atoms with E-state index in [1.807, 2.05) is 20.8 Å². The van der Waals surface area contributed by atoms with Gasteiger partial charge in [0.15, 0.2) is 0 Å². The molecule has 11 heavy (non-hydrogen) atoms. The van der Waals surface area contributed by atoms with Crippen LogP contribution >= 0.6 is 0 Å². The summed E-state index contributed by atoms with van der Waals surface area (Å²) < 4.78 is 4.90. The number of rotatable bonds is 4. The first-order chi connectivity index (χ1) is 5.07. The van der Waals surface area contributed by atoms with Crippen molar-refractivity contribution >= 4 is 5.97 Å². The summed E-state index contributed by atoms with van der Waals surface area (Å²) in [6, 6.07) is -0.442. The molecule has 0 aliphatic heterocycles. The van der Waals surface area contributed by atoms with Crippen LogP contribution in [0.4, 0.5) is 0 Å². The fraction of sp³-hybridized carbons (Fsp3) is 0.875. The zero-order valence-corrected chi connectivity index (χ0v) is 7.46. The van der Waals surface area contributed by atoms with Crippen molar-refractivity contribution in [3.05, 3.63) is 0 Å². The Kier molecular flexibility index (Phi) is 4.86. The van der Waals surface area contributed by atoms with E-state index in [1.165, 1.54) is 0 Å². The maximum atomic E-state index is 11.0. The molecule has 0 aromatic heterocycles. The monoisotopic (exact) mass is 159 g/mol. The summed E-state index contributed by atoms with van der Waals surface area (Å²) in [7, 11) is 0. The van der Waals surface area contributed by atoms with Crippen molar-refractivity contribution in [2.75, 3.05) is 0 Å². The maximum Gasteiger partial charge on any atom is 0.323 e. The van der Waals surface area contributed by atoms with Crippen molar-refractivity contribution in [3.63, 3.8) is 0 Å². The molecule has 0 fully saturated rings. The van der Waals surface area contributed by atoms with Crippen molar-refractivity contribution in [2.24, 2.45) is 5.73 Å². The van der Waals surface area contributed by atoms with E-state index in [9.17, 15) is 4.79 Å². The van der Waals surface area contributed by atoms with E-state index in [0.717, 1.165) is 6.42 Å². The summed E-state index contributed by atoms with van der Waals surface area (Å²) in [5, 5.41) is 0. The largest absolute Gasteiger partial charge is 0.462 e. The van der Waals surface area contributed by atoms with Gasteiger partial charge in [-0.15, -0.1) is 0 Å². The highest BCUT2D eigenvalue weighted by molar-refractivity contribution is 5.75. The van der Waals surface area contributed by atoms with E-state index in [4.69, 9.17) is 10.5 Å². The Balaban J connectivity index is 3.64. The topological polar surface area (TPSA) is 52.3 Å². The summed E-state index contributed by atoms with van der Waals surface area (Å²) in [6.07, 6.45) is 1.55. The second kappa shape index (κ2) is 5.13. The van der Waals surface area contributed by atoms with E-state index in [-0.39, 0.29) is 12.1 Å². The second-order valence-corrected chi connectivity index (χ2v) is 2.88. The third-order valence-corrected chi connectivity index (χ3v) is 1.25. The molecule has 0 spiro atoms. The first-order valence-corrected chi connectivity index (χ1v) is 4.04. The van der Waals surface area contributed by atoms with E-state index in [2.05, 4.69) is 0 Å². The molecule has 0 unspecified atom stereocenters. The Hall–Kier alpha value is -0.570. The molecule has 0 radical (unpaired) electrons. The van der Waals surface area contributed by atoms with Gasteiger partial charge in [-0.1, -0.05) is 13.3 Å². The van der Waals surface area contributed by atoms with Gasteiger partial charge >= 0.3 is 5.97 Å². The predicted octanol–water partition coefficient (Wildman–Crippen LogP) is 1.07. The lowest BCUT2D eigenvalue weighted by Crippen LogP contribution is -2.33. The molecule has 0 aromatic carbocycles. The Morgan fingerprint density at radius 1 is 1.55 bits per heavy atom. The van der Waals surface area contributed by atoms with Crippen molar-refractivity contribution < 1.29 is 9.53 Å². The van der Waals surface area contributed by atoms with Crippen LogP contribution in [-0.2, 0) is 9.53 Å². The third kappa shape index (κ3) is 4.79. The summed E-state index contributed by atoms with van der Waals surface area (Å²) in [6.45, 7) is 5.62. The number of hydrogen-bond acceptors (Lipinski definition) is 3. The van der Waals surface area contributed by atoms with Crippen LogP contribution in [0.5, 0.6) is 0 Å². The highest BCUT2D eigenvalue weighted by atomic mass is 16.5. The highest BCUT2D eigenvalue weighted by Gasteiger charge is 2.14. The van der Waals surface area contributed by atoms with Crippen molar-refractivity contribution in [3.8, 4) is 0 Å². The quantitative estimate of drug-likeness (QED) is 0.624. The van der Waals surface area contributed by atoms with E-state index < -0.39 is 6.04 Å². The zero-order chi connectivity index (χ0) is 8.85. The second-order valence-electron chi connectivity index (χ2n) is 2.88. The van der Waals surface area contributed by atoms with Gasteiger partial charge in [0, 0.05) is 0 Å². The lowest BCUT2D eigenvalue weighted by atomic mass is 10.2. The first kappa shape index (κ1) is 10.4. The lowest BCUT2D eigenvalue weighted by Gasteiger charge is -2.12. The van der Waals surface area contributed by atoms with Gasteiger partial charge in [0.2, 0.25) is 0 Å². The van der Waals surface area contributed by atoms with Gasteiger partial charge in [-0.05, 0) is 20.3 Å². The van der Waals surface area contributed by atoms with Gasteiger partial charge in [0.05, 0.1) is 6.10 Å². The van der Waals surface area contributed by atoms with Crippen LogP contribution in [0, 0.1) is 0 Å². The average Bonchev–Trinajstić information content (AvgIpc) is 1.86. The average molecular weight is 159 g/mol. The molecule has 3 heteroatoms. The summed E-state index contributed by atoms with van der Waals surface area (Å²) >= 11 is 0. The molecular formula is C8H17NO2. The third-order valence-electron chi connectivity index (χ3n) is 1.25. The summed E-state index contributed by atoms with van der Waals surface area (Å²) in [5.74, 6) is -0.290. The molecule has 0 heterocycles. The van der Waals surface area contributed by atoms with Gasteiger partial charge < -0.3 is 10.5 Å². The van der Waals surface area contributed by atoms with Crippen LogP contribution in [0.2, 0.25) is 0 Å². The molecule has 0 bridgehead atoms. The molecule has 0 aliphatic carbocycles. The summed E-state index contributed by atoms with van der Waals surface area (Å²) in [4.78, 5) is 11.0. The molecule has 0 aromatic rings. The molecular weight excluding hydrogens is 142 g/mol. The van der Waals surface area contributed by atoms with Crippen LogP contribution in [-0.4, -0.2) is 18.1 Å². The zero-order valence-electron chi connectivity index (χ0n) is 7.46. The SMILES string of the molecule is CCC[C@H](N)C(=O)OC(C)C. The van der Waals surface area contributed by atoms with Crippen molar-refractivity contribution in [1.82, 2.24) is 0 Å². The molecule has 2 N–H and O–H groups in total. The summed E-state index contributed by atoms with van der Waals surface area (Å²) in [5.41, 5.74) is 5.50. The first-order valence-electron chi connectivity index (χ1n) is 4.04. The molecule has 0 saturated carbocycles. The van der Waals surface area contributed by atoms with Crippen LogP contribution in [0.1, 0.15) is 33.6 Å². The number of carbonyl (C=O) groups excluding carboxylic acids is 1. The molecule has 0 saturated heterocycles. The Labute approximate surface area is 67.9 Å². The number of ether oxygens (including phenoxy) is 1. The van der Waals surface area contributed by atoms with Crippen LogP contribution in [0.15, 0.2) is 0 Å². The number of esters is 1. The van der Waals surface area contributed by atoms with E-state index in [1.54, 1.807) is 0 Å². The minimum atomic E-state index is -0.442. The van der Waals surface area contributed by atoms with Crippen molar-refractivity contribution in [1.29, 1.82) is 0 Å². The minimum absolute atomic E-state index is 0.0644. The molecule has 1 atom stereocenters. The van der Waals surface area contributed by atoms with Gasteiger partial charge in [-0.25, -0.2) is 0 Å². The van der Waals surface area contributed by atoms with Crippen LogP contribution in [0.3, 0.4) is 0 Å². The number of hydrogen-bond donors (Lipinski definition) is 1. The fourth-order valence-corrected chi connectivity index (χ4v) is 0.749. The Bertz CT molecular complexity index is 123. The van der Waals surface area contributed by atoms with Crippen LogP contribution < -0.4 is 5.73 Å². The molecule has 0 rings (SSSR count). The van der Waals surface area contributed by atoms with Crippen molar-refractivity contribution in [2.45, 2.75) is 45.8 Å². The molecule has 3 nitrogen and oxygen atoms in total. The van der Waals surface area contributed by atoms with E-state index in [0.29, 0.717) is 6.42 Å². The molecule has 0 aliphatic rings. The maximum absolute atomic E-state index is 11.0. The lowest BCUT2D eigenvalue weighted by molar-refractivity contribution is -0.149. The predicted molar refractivity (Wildman–Crippen MR) is 44.1 cm³/mol. The number of nitrogens with two attached hydrogens (primary N) is 1. The standard InChI is InChI=1S/C8H17NO2/c1-4-5-7(9)8(10)11-6(2)3/h6-7H,4-5,9H2,1-3H3/t7-/m0/s1. The highest BCUT2D eigenvalue weighted by Crippen LogP contribution is 1.98. The Morgan fingerprint density at radius 2 is 2.09 bits per heavy atom. The van der Waals surface area contributed by atoms with Gasteiger partial charge in [-0.3, -0.25) is 4.79 Å².